The summed E-state index contributed by atoms with van der Waals surface area (Å²) in [5, 5.41) is 2.62. The minimum absolute atomic E-state index is 0.357. The topological polar surface area (TPSA) is 64.6 Å². The van der Waals surface area contributed by atoms with Gasteiger partial charge in [0.05, 0.1) is 13.2 Å². The van der Waals surface area contributed by atoms with Gasteiger partial charge in [0.1, 0.15) is 6.04 Å². The van der Waals surface area contributed by atoms with Gasteiger partial charge in [-0.05, 0) is 31.6 Å². The Hall–Kier alpha value is -1.26. The first kappa shape index (κ1) is 20.7. The lowest BCUT2D eigenvalue weighted by atomic mass is 10.1. The minimum Gasteiger partial charge on any atom is -0.464 e. The predicted molar refractivity (Wildman–Crippen MR) is 87.7 cm³/mol. The monoisotopic (exact) mass is 315 g/mol. The molecule has 1 unspecified atom stereocenters. The van der Waals surface area contributed by atoms with Crippen LogP contribution in [0, 0.1) is 5.92 Å². The third kappa shape index (κ3) is 11.4. The van der Waals surface area contributed by atoms with Crippen molar-refractivity contribution < 1.29 is 19.1 Å². The van der Waals surface area contributed by atoms with Gasteiger partial charge in [-0.2, -0.15) is 0 Å². The third-order valence-electron chi connectivity index (χ3n) is 3.32. The fourth-order valence-electron chi connectivity index (χ4n) is 1.92. The molecule has 22 heavy (non-hydrogen) atoms. The van der Waals surface area contributed by atoms with Crippen LogP contribution in [0.15, 0.2) is 0 Å². The van der Waals surface area contributed by atoms with Gasteiger partial charge in [-0.15, -0.1) is 0 Å². The maximum absolute atomic E-state index is 12.1. The quantitative estimate of drug-likeness (QED) is 0.436. The van der Waals surface area contributed by atoms with Crippen LogP contribution in [0.1, 0.15) is 72.6 Å². The van der Waals surface area contributed by atoms with Crippen LogP contribution in [0.5, 0.6) is 0 Å². The largest absolute Gasteiger partial charge is 0.464 e. The van der Waals surface area contributed by atoms with Gasteiger partial charge in [-0.25, -0.2) is 9.59 Å². The molecule has 0 aliphatic rings. The molecule has 0 aromatic heterocycles. The summed E-state index contributed by atoms with van der Waals surface area (Å²) in [5.74, 6) is 0.242. The number of nitrogens with one attached hydrogen (secondary N) is 1. The van der Waals surface area contributed by atoms with Crippen LogP contribution in [-0.2, 0) is 14.3 Å². The van der Waals surface area contributed by atoms with Crippen molar-refractivity contribution >= 4 is 12.1 Å². The SMILES string of the molecule is CCCCOC(=O)NC(CCCC)C(=O)OCCCC(C)C. The molecule has 1 atom stereocenters. The van der Waals surface area contributed by atoms with E-state index >= 15 is 0 Å². The number of rotatable bonds is 12. The summed E-state index contributed by atoms with van der Waals surface area (Å²) in [4.78, 5) is 23.7. The van der Waals surface area contributed by atoms with Crippen LogP contribution in [-0.4, -0.2) is 31.3 Å². The summed E-state index contributed by atoms with van der Waals surface area (Å²) in [5.41, 5.74) is 0. The van der Waals surface area contributed by atoms with Crippen molar-refractivity contribution in [3.05, 3.63) is 0 Å². The van der Waals surface area contributed by atoms with Gasteiger partial charge in [-0.3, -0.25) is 0 Å². The second-order valence-corrected chi connectivity index (χ2v) is 6.03. The number of alkyl carbamates (subject to hydrolysis) is 1. The van der Waals surface area contributed by atoms with E-state index in [1.54, 1.807) is 0 Å². The number of unbranched alkanes of at least 4 members (excludes halogenated alkanes) is 2. The molecule has 0 saturated carbocycles. The predicted octanol–water partition coefficient (Wildman–Crippen LogP) is 4.05. The normalized spacial score (nSPS) is 12.0. The van der Waals surface area contributed by atoms with E-state index in [-0.39, 0.29) is 5.97 Å². The molecule has 0 radical (unpaired) electrons. The smallest absolute Gasteiger partial charge is 0.407 e. The van der Waals surface area contributed by atoms with Gasteiger partial charge in [0.15, 0.2) is 0 Å². The van der Waals surface area contributed by atoms with Crippen LogP contribution in [0.4, 0.5) is 4.79 Å². The molecule has 1 amide bonds. The number of carbonyl (C=O) groups is 2. The molecular formula is C17H33NO4. The van der Waals surface area contributed by atoms with E-state index in [1.807, 2.05) is 13.8 Å². The Morgan fingerprint density at radius 3 is 2.14 bits per heavy atom. The van der Waals surface area contributed by atoms with Gasteiger partial charge in [0.25, 0.3) is 0 Å². The maximum atomic E-state index is 12.1. The van der Waals surface area contributed by atoms with E-state index in [4.69, 9.17) is 9.47 Å². The van der Waals surface area contributed by atoms with Crippen molar-refractivity contribution in [3.8, 4) is 0 Å². The first-order valence-corrected chi connectivity index (χ1v) is 8.61. The molecule has 0 bridgehead atoms. The summed E-state index contributed by atoms with van der Waals surface area (Å²) in [6.45, 7) is 9.14. The molecule has 0 heterocycles. The molecule has 130 valence electrons. The van der Waals surface area contributed by atoms with Gasteiger partial charge in [0.2, 0.25) is 0 Å². The Bertz CT molecular complexity index is 305. The van der Waals surface area contributed by atoms with Gasteiger partial charge in [-0.1, -0.05) is 47.0 Å². The van der Waals surface area contributed by atoms with E-state index in [1.165, 1.54) is 0 Å². The average molecular weight is 315 g/mol. The Balaban J connectivity index is 4.18. The number of hydrogen-bond acceptors (Lipinski definition) is 4. The second kappa shape index (κ2) is 13.4. The average Bonchev–Trinajstić information content (AvgIpc) is 2.47. The summed E-state index contributed by atoms with van der Waals surface area (Å²) in [6.07, 6.45) is 5.54. The van der Waals surface area contributed by atoms with Crippen LogP contribution in [0.25, 0.3) is 0 Å². The number of esters is 1. The molecule has 5 heteroatoms. The van der Waals surface area contributed by atoms with Gasteiger partial charge < -0.3 is 14.8 Å². The van der Waals surface area contributed by atoms with E-state index in [0.29, 0.717) is 25.6 Å². The first-order chi connectivity index (χ1) is 10.5. The highest BCUT2D eigenvalue weighted by molar-refractivity contribution is 5.81. The Morgan fingerprint density at radius 1 is 0.909 bits per heavy atom. The standard InChI is InChI=1S/C17H33NO4/c1-5-7-11-15(18-17(20)22-12-8-6-2)16(19)21-13-9-10-14(3)4/h14-15H,5-13H2,1-4H3,(H,18,20). The second-order valence-electron chi connectivity index (χ2n) is 6.03. The fourth-order valence-corrected chi connectivity index (χ4v) is 1.92. The molecule has 0 fully saturated rings. The number of amides is 1. The lowest BCUT2D eigenvalue weighted by Gasteiger charge is -2.17. The van der Waals surface area contributed by atoms with Crippen LogP contribution in [0.3, 0.4) is 0 Å². The molecule has 0 saturated heterocycles. The maximum Gasteiger partial charge on any atom is 0.407 e. The van der Waals surface area contributed by atoms with Crippen molar-refractivity contribution in [2.24, 2.45) is 5.92 Å². The van der Waals surface area contributed by atoms with E-state index in [2.05, 4.69) is 19.2 Å². The van der Waals surface area contributed by atoms with Crippen molar-refractivity contribution in [1.29, 1.82) is 0 Å². The highest BCUT2D eigenvalue weighted by Gasteiger charge is 2.22. The number of ether oxygens (including phenoxy) is 2. The highest BCUT2D eigenvalue weighted by atomic mass is 16.6. The summed E-state index contributed by atoms with van der Waals surface area (Å²) in [7, 11) is 0. The summed E-state index contributed by atoms with van der Waals surface area (Å²) < 4.78 is 10.3. The molecular weight excluding hydrogens is 282 g/mol. The molecule has 0 aliphatic carbocycles. The number of carbonyl (C=O) groups excluding carboxylic acids is 2. The van der Waals surface area contributed by atoms with Crippen molar-refractivity contribution in [3.63, 3.8) is 0 Å². The number of hydrogen-bond donors (Lipinski definition) is 1. The van der Waals surface area contributed by atoms with Crippen molar-refractivity contribution in [1.82, 2.24) is 5.32 Å². The molecule has 0 rings (SSSR count). The summed E-state index contributed by atoms with van der Waals surface area (Å²) >= 11 is 0. The zero-order valence-electron chi connectivity index (χ0n) is 14.7. The zero-order chi connectivity index (χ0) is 16.8. The third-order valence-corrected chi connectivity index (χ3v) is 3.32. The van der Waals surface area contributed by atoms with Crippen molar-refractivity contribution in [2.45, 2.75) is 78.7 Å². The Morgan fingerprint density at radius 2 is 1.55 bits per heavy atom. The fraction of sp³-hybridized carbons (Fsp3) is 0.882. The zero-order valence-corrected chi connectivity index (χ0v) is 14.7. The highest BCUT2D eigenvalue weighted by Crippen LogP contribution is 2.07. The molecule has 5 nitrogen and oxygen atoms in total. The van der Waals surface area contributed by atoms with Crippen molar-refractivity contribution in [2.75, 3.05) is 13.2 Å². The molecule has 0 aromatic carbocycles. The van der Waals surface area contributed by atoms with Gasteiger partial charge >= 0.3 is 12.1 Å². The lowest BCUT2D eigenvalue weighted by molar-refractivity contribution is -0.146. The van der Waals surface area contributed by atoms with Crippen LogP contribution >= 0.6 is 0 Å². The summed E-state index contributed by atoms with van der Waals surface area (Å²) in [6, 6.07) is -0.604. The van der Waals surface area contributed by atoms with Gasteiger partial charge in [0, 0.05) is 0 Å². The van der Waals surface area contributed by atoms with E-state index in [9.17, 15) is 9.59 Å². The van der Waals surface area contributed by atoms with E-state index in [0.717, 1.165) is 38.5 Å². The Kier molecular flexibility index (Phi) is 12.6. The first-order valence-electron chi connectivity index (χ1n) is 8.61. The molecule has 0 aliphatic heterocycles. The minimum atomic E-state index is -0.604. The molecule has 0 aromatic rings. The molecule has 1 N–H and O–H groups in total. The lowest BCUT2D eigenvalue weighted by Crippen LogP contribution is -2.42. The van der Waals surface area contributed by atoms with E-state index < -0.39 is 12.1 Å². The van der Waals surface area contributed by atoms with Crippen LogP contribution < -0.4 is 5.32 Å². The molecule has 0 spiro atoms. The van der Waals surface area contributed by atoms with Crippen LogP contribution in [0.2, 0.25) is 0 Å². The Labute approximate surface area is 135 Å².